The van der Waals surface area contributed by atoms with Crippen LogP contribution in [-0.2, 0) is 4.74 Å². The number of amides is 1. The molecule has 1 aliphatic rings. The normalized spacial score (nSPS) is 16.5. The number of unbranched alkanes of at least 4 members (excludes halogenated alkanes) is 2. The number of rotatable bonds is 5. The summed E-state index contributed by atoms with van der Waals surface area (Å²) >= 11 is 0. The van der Waals surface area contributed by atoms with E-state index < -0.39 is 6.09 Å². The summed E-state index contributed by atoms with van der Waals surface area (Å²) in [5, 5.41) is 8.21. The first-order chi connectivity index (χ1) is 11.8. The van der Waals surface area contributed by atoms with Crippen LogP contribution >= 0.6 is 0 Å². The fourth-order valence-electron chi connectivity index (χ4n) is 2.89. The summed E-state index contributed by atoms with van der Waals surface area (Å²) in [7, 11) is 0. The molecule has 24 heavy (non-hydrogen) atoms. The second-order valence-electron chi connectivity index (χ2n) is 5.91. The molecule has 0 radical (unpaired) electrons. The van der Waals surface area contributed by atoms with E-state index in [0.717, 1.165) is 24.8 Å². The maximum absolute atomic E-state index is 11.8. The second kappa shape index (κ2) is 7.81. The minimum absolute atomic E-state index is 0.00788. The number of carbonyl (C=O) groups is 1. The molecule has 2 N–H and O–H groups in total. The molecule has 5 nitrogen and oxygen atoms in total. The Morgan fingerprint density at radius 1 is 1.25 bits per heavy atom. The molecular formula is C19H23N3O2. The maximum Gasteiger partial charge on any atom is 0.413 e. The summed E-state index contributed by atoms with van der Waals surface area (Å²) in [6.07, 6.45) is 2.61. The lowest BCUT2D eigenvalue weighted by molar-refractivity contribution is 0.149. The van der Waals surface area contributed by atoms with Crippen molar-refractivity contribution in [2.24, 2.45) is 4.99 Å². The number of carbonyl (C=O) groups excluding carboxylic acids is 1. The Morgan fingerprint density at radius 2 is 2.08 bits per heavy atom. The van der Waals surface area contributed by atoms with Crippen molar-refractivity contribution in [3.8, 4) is 0 Å². The quantitative estimate of drug-likeness (QED) is 0.823. The molecule has 0 saturated heterocycles. The highest BCUT2D eigenvalue weighted by Crippen LogP contribution is 2.27. The molecule has 5 heteroatoms. The fourth-order valence-corrected chi connectivity index (χ4v) is 2.89. The number of ether oxygens (including phenoxy) is 1. The number of fused-ring (bicyclic) bond motifs is 1. The molecule has 0 aromatic heterocycles. The third-order valence-electron chi connectivity index (χ3n) is 4.13. The predicted molar refractivity (Wildman–Crippen MR) is 96.1 cm³/mol. The average Bonchev–Trinajstić information content (AvgIpc) is 3.06. The maximum atomic E-state index is 11.8. The molecule has 3 rings (SSSR count). The highest BCUT2D eigenvalue weighted by molar-refractivity contribution is 5.95. The first-order valence-corrected chi connectivity index (χ1v) is 8.51. The van der Waals surface area contributed by atoms with Crippen molar-refractivity contribution in [2.75, 3.05) is 13.2 Å². The van der Waals surface area contributed by atoms with Crippen LogP contribution in [0.4, 0.5) is 4.79 Å². The topological polar surface area (TPSA) is 62.7 Å². The van der Waals surface area contributed by atoms with Crippen molar-refractivity contribution < 1.29 is 9.53 Å². The van der Waals surface area contributed by atoms with Gasteiger partial charge in [0, 0.05) is 6.54 Å². The Kier molecular flexibility index (Phi) is 5.31. The van der Waals surface area contributed by atoms with Crippen LogP contribution in [0.25, 0.3) is 10.8 Å². The van der Waals surface area contributed by atoms with Crippen LogP contribution in [0.15, 0.2) is 47.5 Å². The SMILES string of the molecule is CCCCCOC(=O)NC1=NC(c2cccc3ccccc23)CN1. The van der Waals surface area contributed by atoms with Crippen molar-refractivity contribution in [3.63, 3.8) is 0 Å². The van der Waals surface area contributed by atoms with Crippen molar-refractivity contribution in [1.82, 2.24) is 10.6 Å². The lowest BCUT2D eigenvalue weighted by atomic mass is 9.99. The van der Waals surface area contributed by atoms with Gasteiger partial charge < -0.3 is 10.1 Å². The number of hydrogen-bond donors (Lipinski definition) is 2. The lowest BCUT2D eigenvalue weighted by Crippen LogP contribution is -2.38. The van der Waals surface area contributed by atoms with Crippen LogP contribution in [0.3, 0.4) is 0 Å². The van der Waals surface area contributed by atoms with E-state index in [2.05, 4.69) is 46.8 Å². The summed E-state index contributed by atoms with van der Waals surface area (Å²) in [5.41, 5.74) is 1.16. The van der Waals surface area contributed by atoms with Gasteiger partial charge in [-0.3, -0.25) is 5.32 Å². The first kappa shape index (κ1) is 16.3. The summed E-state index contributed by atoms with van der Waals surface area (Å²) in [6.45, 7) is 3.23. The number of nitrogens with one attached hydrogen (secondary N) is 2. The van der Waals surface area contributed by atoms with Crippen molar-refractivity contribution >= 4 is 22.8 Å². The summed E-state index contributed by atoms with van der Waals surface area (Å²) in [6, 6.07) is 14.5. The fraction of sp³-hybridized carbons (Fsp3) is 0.368. The smallest absolute Gasteiger partial charge is 0.413 e. The standard InChI is InChI=1S/C19H23N3O2/c1-2-3-6-12-24-19(23)22-18-20-13-17(21-18)16-11-7-9-14-8-4-5-10-15(14)16/h4-5,7-11,17H,2-3,6,12-13H2,1H3,(H2,20,21,22,23). The van der Waals surface area contributed by atoms with Gasteiger partial charge in [-0.2, -0.15) is 0 Å². The molecule has 1 aliphatic heterocycles. The van der Waals surface area contributed by atoms with Crippen molar-refractivity contribution in [3.05, 3.63) is 48.0 Å². The molecule has 0 fully saturated rings. The highest BCUT2D eigenvalue weighted by atomic mass is 16.5. The van der Waals surface area contributed by atoms with Gasteiger partial charge in [-0.05, 0) is 22.8 Å². The Hall–Kier alpha value is -2.56. The number of aliphatic imine (C=N–C) groups is 1. The molecule has 1 unspecified atom stereocenters. The largest absolute Gasteiger partial charge is 0.449 e. The van der Waals surface area contributed by atoms with E-state index in [-0.39, 0.29) is 6.04 Å². The third-order valence-corrected chi connectivity index (χ3v) is 4.13. The Morgan fingerprint density at radius 3 is 2.96 bits per heavy atom. The molecule has 2 aromatic rings. The summed E-state index contributed by atoms with van der Waals surface area (Å²) in [5.74, 6) is 0.480. The summed E-state index contributed by atoms with van der Waals surface area (Å²) in [4.78, 5) is 16.3. The van der Waals surface area contributed by atoms with E-state index >= 15 is 0 Å². The van der Waals surface area contributed by atoms with Gasteiger partial charge in [-0.1, -0.05) is 62.2 Å². The van der Waals surface area contributed by atoms with E-state index in [1.807, 2.05) is 18.2 Å². The molecule has 0 aliphatic carbocycles. The Bertz CT molecular complexity index is 737. The zero-order valence-electron chi connectivity index (χ0n) is 13.9. The van der Waals surface area contributed by atoms with E-state index in [4.69, 9.17) is 4.74 Å². The molecule has 1 amide bonds. The van der Waals surface area contributed by atoms with Crippen LogP contribution in [0.1, 0.15) is 37.8 Å². The van der Waals surface area contributed by atoms with Crippen LogP contribution in [0, 0.1) is 0 Å². The van der Waals surface area contributed by atoms with E-state index in [9.17, 15) is 4.79 Å². The van der Waals surface area contributed by atoms with Crippen LogP contribution in [0.2, 0.25) is 0 Å². The molecule has 2 aromatic carbocycles. The van der Waals surface area contributed by atoms with Gasteiger partial charge in [-0.15, -0.1) is 0 Å². The average molecular weight is 325 g/mol. The molecular weight excluding hydrogens is 302 g/mol. The van der Waals surface area contributed by atoms with Crippen molar-refractivity contribution in [1.29, 1.82) is 0 Å². The minimum atomic E-state index is -0.448. The van der Waals surface area contributed by atoms with Crippen LogP contribution < -0.4 is 10.6 Å². The number of guanidine groups is 1. The van der Waals surface area contributed by atoms with E-state index in [1.54, 1.807) is 0 Å². The second-order valence-corrected chi connectivity index (χ2v) is 5.91. The number of nitrogens with zero attached hydrogens (tertiary/aromatic N) is 1. The van der Waals surface area contributed by atoms with Gasteiger partial charge in [0.25, 0.3) is 0 Å². The van der Waals surface area contributed by atoms with Crippen LogP contribution in [-0.4, -0.2) is 25.2 Å². The van der Waals surface area contributed by atoms with Gasteiger partial charge in [0.2, 0.25) is 5.96 Å². The molecule has 1 atom stereocenters. The van der Waals surface area contributed by atoms with Gasteiger partial charge in [0.1, 0.15) is 0 Å². The van der Waals surface area contributed by atoms with Gasteiger partial charge >= 0.3 is 6.09 Å². The number of alkyl carbamates (subject to hydrolysis) is 1. The molecule has 0 spiro atoms. The lowest BCUT2D eigenvalue weighted by Gasteiger charge is -2.09. The summed E-state index contributed by atoms with van der Waals surface area (Å²) < 4.78 is 5.15. The van der Waals surface area contributed by atoms with E-state index in [1.165, 1.54) is 10.8 Å². The number of benzene rings is 2. The molecule has 0 bridgehead atoms. The molecule has 1 heterocycles. The molecule has 126 valence electrons. The Balaban J connectivity index is 1.64. The van der Waals surface area contributed by atoms with Crippen molar-refractivity contribution in [2.45, 2.75) is 32.2 Å². The van der Waals surface area contributed by atoms with Gasteiger partial charge in [-0.25, -0.2) is 9.79 Å². The van der Waals surface area contributed by atoms with Gasteiger partial charge in [0.15, 0.2) is 0 Å². The van der Waals surface area contributed by atoms with E-state index in [0.29, 0.717) is 19.1 Å². The molecule has 0 saturated carbocycles. The predicted octanol–water partition coefficient (Wildman–Crippen LogP) is 3.76. The zero-order chi connectivity index (χ0) is 16.8. The van der Waals surface area contributed by atoms with Crippen LogP contribution in [0.5, 0.6) is 0 Å². The monoisotopic (exact) mass is 325 g/mol. The minimum Gasteiger partial charge on any atom is -0.449 e. The Labute approximate surface area is 142 Å². The first-order valence-electron chi connectivity index (χ1n) is 8.51. The third kappa shape index (κ3) is 3.85. The number of hydrogen-bond acceptors (Lipinski definition) is 4. The zero-order valence-corrected chi connectivity index (χ0v) is 13.9. The van der Waals surface area contributed by atoms with Gasteiger partial charge in [0.05, 0.1) is 12.6 Å². The highest BCUT2D eigenvalue weighted by Gasteiger charge is 2.21.